The predicted molar refractivity (Wildman–Crippen MR) is 90.7 cm³/mol. The number of nitrogens with one attached hydrogen (secondary N) is 1. The van der Waals surface area contributed by atoms with E-state index < -0.39 is 11.9 Å². The number of benzene rings is 2. The number of aromatic carboxylic acids is 1. The summed E-state index contributed by atoms with van der Waals surface area (Å²) in [7, 11) is 0. The number of hydroxylamine groups is 2. The molecular weight excluding hydrogens is 308 g/mol. The Kier molecular flexibility index (Phi) is 5.55. The standard InChI is InChI=1S/C18H20N2O4/c1-12-14(10-11-20(24)13(2)21)6-5-9-16(12)19-17-8-4-3-7-15(17)18(22)23/h3-9,19,24H,10-11H2,1-2H3,(H,22,23). The molecule has 0 radical (unpaired) electrons. The Hall–Kier alpha value is -2.86. The van der Waals surface area contributed by atoms with Gasteiger partial charge in [-0.05, 0) is 42.7 Å². The van der Waals surface area contributed by atoms with Gasteiger partial charge in [-0.15, -0.1) is 0 Å². The molecule has 0 heterocycles. The van der Waals surface area contributed by atoms with Crippen molar-refractivity contribution in [1.29, 1.82) is 0 Å². The molecule has 0 fully saturated rings. The van der Waals surface area contributed by atoms with Crippen molar-refractivity contribution in [2.45, 2.75) is 20.3 Å². The molecule has 6 nitrogen and oxygen atoms in total. The summed E-state index contributed by atoms with van der Waals surface area (Å²) >= 11 is 0. The van der Waals surface area contributed by atoms with Gasteiger partial charge in [-0.25, -0.2) is 9.86 Å². The van der Waals surface area contributed by atoms with Gasteiger partial charge in [0, 0.05) is 12.6 Å². The first-order chi connectivity index (χ1) is 11.4. The van der Waals surface area contributed by atoms with Crippen molar-refractivity contribution in [2.75, 3.05) is 11.9 Å². The van der Waals surface area contributed by atoms with E-state index in [2.05, 4.69) is 5.32 Å². The van der Waals surface area contributed by atoms with Crippen molar-refractivity contribution in [3.8, 4) is 0 Å². The second-order valence-corrected chi connectivity index (χ2v) is 5.46. The average molecular weight is 328 g/mol. The number of rotatable bonds is 6. The van der Waals surface area contributed by atoms with Crippen molar-refractivity contribution in [3.63, 3.8) is 0 Å². The largest absolute Gasteiger partial charge is 0.478 e. The molecule has 0 aliphatic heterocycles. The maximum absolute atomic E-state index is 11.3. The van der Waals surface area contributed by atoms with E-state index in [1.54, 1.807) is 24.3 Å². The normalized spacial score (nSPS) is 10.3. The second kappa shape index (κ2) is 7.61. The first-order valence-electron chi connectivity index (χ1n) is 7.55. The first-order valence-corrected chi connectivity index (χ1v) is 7.55. The number of carbonyl (C=O) groups excluding carboxylic acids is 1. The van der Waals surface area contributed by atoms with Gasteiger partial charge < -0.3 is 10.4 Å². The van der Waals surface area contributed by atoms with Crippen LogP contribution in [0.25, 0.3) is 0 Å². The Bertz CT molecular complexity index is 758. The fraction of sp³-hybridized carbons (Fsp3) is 0.222. The van der Waals surface area contributed by atoms with Crippen molar-refractivity contribution in [1.82, 2.24) is 5.06 Å². The zero-order valence-electron chi connectivity index (χ0n) is 13.6. The van der Waals surface area contributed by atoms with Crippen LogP contribution in [-0.4, -0.2) is 33.8 Å². The molecule has 1 amide bonds. The molecule has 0 atom stereocenters. The van der Waals surface area contributed by atoms with Gasteiger partial charge in [-0.1, -0.05) is 24.3 Å². The van der Waals surface area contributed by atoms with Crippen molar-refractivity contribution in [3.05, 3.63) is 59.2 Å². The van der Waals surface area contributed by atoms with Crippen LogP contribution in [0.4, 0.5) is 11.4 Å². The summed E-state index contributed by atoms with van der Waals surface area (Å²) < 4.78 is 0. The van der Waals surface area contributed by atoms with Gasteiger partial charge in [-0.2, -0.15) is 0 Å². The number of nitrogens with zero attached hydrogens (tertiary/aromatic N) is 1. The topological polar surface area (TPSA) is 89.9 Å². The number of carboxylic acid groups (broad SMARTS) is 1. The molecule has 24 heavy (non-hydrogen) atoms. The Morgan fingerprint density at radius 1 is 1.08 bits per heavy atom. The third-order valence-corrected chi connectivity index (χ3v) is 3.83. The van der Waals surface area contributed by atoms with Crippen molar-refractivity contribution >= 4 is 23.3 Å². The van der Waals surface area contributed by atoms with Crippen LogP contribution in [0.5, 0.6) is 0 Å². The highest BCUT2D eigenvalue weighted by atomic mass is 16.5. The summed E-state index contributed by atoms with van der Waals surface area (Å²) in [6.45, 7) is 3.41. The number of anilines is 2. The molecule has 126 valence electrons. The maximum atomic E-state index is 11.3. The molecule has 3 N–H and O–H groups in total. The molecule has 0 unspecified atom stereocenters. The van der Waals surface area contributed by atoms with Crippen LogP contribution in [0, 0.1) is 6.92 Å². The number of carboxylic acids is 1. The van der Waals surface area contributed by atoms with Crippen LogP contribution in [0.1, 0.15) is 28.4 Å². The predicted octanol–water partition coefficient (Wildman–Crippen LogP) is 3.22. The summed E-state index contributed by atoms with van der Waals surface area (Å²) in [5, 5.41) is 22.6. The molecule has 0 aromatic heterocycles. The van der Waals surface area contributed by atoms with Gasteiger partial charge in [0.15, 0.2) is 0 Å². The van der Waals surface area contributed by atoms with Gasteiger partial charge in [-0.3, -0.25) is 10.0 Å². The van der Waals surface area contributed by atoms with E-state index in [1.807, 2.05) is 25.1 Å². The van der Waals surface area contributed by atoms with Crippen LogP contribution < -0.4 is 5.32 Å². The summed E-state index contributed by atoms with van der Waals surface area (Å²) in [5.41, 5.74) is 3.40. The SMILES string of the molecule is CC(=O)N(O)CCc1cccc(Nc2ccccc2C(=O)O)c1C. The molecule has 0 spiro atoms. The van der Waals surface area contributed by atoms with Crippen LogP contribution in [-0.2, 0) is 11.2 Å². The van der Waals surface area contributed by atoms with E-state index in [0.29, 0.717) is 17.2 Å². The van der Waals surface area contributed by atoms with E-state index in [4.69, 9.17) is 0 Å². The lowest BCUT2D eigenvalue weighted by Crippen LogP contribution is -2.27. The lowest BCUT2D eigenvalue weighted by Gasteiger charge is -2.17. The highest BCUT2D eigenvalue weighted by Crippen LogP contribution is 2.26. The van der Waals surface area contributed by atoms with Gasteiger partial charge >= 0.3 is 5.97 Å². The molecular formula is C18H20N2O4. The monoisotopic (exact) mass is 328 g/mol. The molecule has 6 heteroatoms. The molecule has 0 bridgehead atoms. The number of amides is 1. The van der Waals surface area contributed by atoms with Gasteiger partial charge in [0.1, 0.15) is 0 Å². The van der Waals surface area contributed by atoms with E-state index in [-0.39, 0.29) is 12.1 Å². The number of carbonyl (C=O) groups is 2. The highest BCUT2D eigenvalue weighted by molar-refractivity contribution is 5.95. The number of para-hydroxylation sites is 1. The third kappa shape index (κ3) is 4.11. The Labute approximate surface area is 140 Å². The summed E-state index contributed by atoms with van der Waals surface area (Å²) in [4.78, 5) is 22.4. The molecule has 2 rings (SSSR count). The molecule has 2 aromatic rings. The van der Waals surface area contributed by atoms with E-state index >= 15 is 0 Å². The first kappa shape index (κ1) is 17.5. The van der Waals surface area contributed by atoms with Crippen molar-refractivity contribution in [2.24, 2.45) is 0 Å². The molecule has 0 aliphatic rings. The van der Waals surface area contributed by atoms with Crippen molar-refractivity contribution < 1.29 is 19.9 Å². The fourth-order valence-corrected chi connectivity index (χ4v) is 2.40. The third-order valence-electron chi connectivity index (χ3n) is 3.83. The van der Waals surface area contributed by atoms with Gasteiger partial charge in [0.25, 0.3) is 0 Å². The minimum absolute atomic E-state index is 0.195. The second-order valence-electron chi connectivity index (χ2n) is 5.46. The summed E-state index contributed by atoms with van der Waals surface area (Å²) in [5.74, 6) is -1.40. The number of hydrogen-bond acceptors (Lipinski definition) is 4. The van der Waals surface area contributed by atoms with Crippen LogP contribution >= 0.6 is 0 Å². The molecule has 0 aliphatic carbocycles. The van der Waals surface area contributed by atoms with Gasteiger partial charge in [0.05, 0.1) is 17.8 Å². The van der Waals surface area contributed by atoms with Crippen LogP contribution in [0.3, 0.4) is 0 Å². The lowest BCUT2D eigenvalue weighted by molar-refractivity contribution is -0.162. The maximum Gasteiger partial charge on any atom is 0.337 e. The summed E-state index contributed by atoms with van der Waals surface area (Å²) in [6, 6.07) is 12.3. The van der Waals surface area contributed by atoms with E-state index in [0.717, 1.165) is 16.8 Å². The van der Waals surface area contributed by atoms with Crippen LogP contribution in [0.15, 0.2) is 42.5 Å². The zero-order chi connectivity index (χ0) is 17.7. The van der Waals surface area contributed by atoms with E-state index in [9.17, 15) is 19.9 Å². The van der Waals surface area contributed by atoms with Gasteiger partial charge in [0.2, 0.25) is 5.91 Å². The Balaban J connectivity index is 2.22. The lowest BCUT2D eigenvalue weighted by atomic mass is 10.0. The average Bonchev–Trinajstić information content (AvgIpc) is 2.55. The Morgan fingerprint density at radius 2 is 1.75 bits per heavy atom. The fourth-order valence-electron chi connectivity index (χ4n) is 2.40. The van der Waals surface area contributed by atoms with E-state index in [1.165, 1.54) is 6.92 Å². The minimum Gasteiger partial charge on any atom is -0.478 e. The highest BCUT2D eigenvalue weighted by Gasteiger charge is 2.12. The van der Waals surface area contributed by atoms with Crippen LogP contribution in [0.2, 0.25) is 0 Å². The summed E-state index contributed by atoms with van der Waals surface area (Å²) in [6.07, 6.45) is 0.498. The Morgan fingerprint density at radius 3 is 2.42 bits per heavy atom. The quantitative estimate of drug-likeness (QED) is 0.559. The molecule has 0 saturated heterocycles. The number of hydrogen-bond donors (Lipinski definition) is 3. The smallest absolute Gasteiger partial charge is 0.337 e. The minimum atomic E-state index is -0.996. The molecule has 0 saturated carbocycles. The molecule has 2 aromatic carbocycles. The zero-order valence-corrected chi connectivity index (χ0v) is 13.6.